The SMILES string of the molecule is CCCc1c(OCC(O)CNC[C@H]2CCc3cc(NS(=O)(=O)c4ccc(-n5nnn(CCCC6CCCCC6)c5=O)cc4)ccc3O2)ccc(C(C)=O)c1O. The number of nitrogens with one attached hydrogen (secondary N) is 2. The maximum atomic E-state index is 13.3. The highest BCUT2D eigenvalue weighted by Crippen LogP contribution is 2.34. The number of fused-ring (bicyclic) bond motifs is 1. The summed E-state index contributed by atoms with van der Waals surface area (Å²) in [4.78, 5) is 24.8. The molecule has 1 unspecified atom stereocenters. The summed E-state index contributed by atoms with van der Waals surface area (Å²) in [6, 6.07) is 14.3. The molecule has 14 nitrogen and oxygen atoms in total. The van der Waals surface area contributed by atoms with Crippen molar-refractivity contribution in [2.45, 2.75) is 108 Å². The number of aromatic nitrogens is 4. The fourth-order valence-electron chi connectivity index (χ4n) is 7.40. The fraction of sp³-hybridized carbons (Fsp3) is 0.500. The number of hydrogen-bond donors (Lipinski definition) is 4. The zero-order valence-corrected chi connectivity index (χ0v) is 32.4. The molecule has 296 valence electrons. The Morgan fingerprint density at radius 3 is 2.58 bits per heavy atom. The highest BCUT2D eigenvalue weighted by molar-refractivity contribution is 7.92. The molecule has 0 radical (unpaired) electrons. The summed E-state index contributed by atoms with van der Waals surface area (Å²) in [5.41, 5.74) is 2.17. The number of nitrogens with zero attached hydrogens (tertiary/aromatic N) is 4. The average Bonchev–Trinajstić information content (AvgIpc) is 3.54. The van der Waals surface area contributed by atoms with Crippen LogP contribution >= 0.6 is 0 Å². The zero-order valence-electron chi connectivity index (χ0n) is 31.6. The molecule has 1 saturated carbocycles. The number of phenols is 1. The van der Waals surface area contributed by atoms with E-state index in [0.717, 1.165) is 30.7 Å². The summed E-state index contributed by atoms with van der Waals surface area (Å²) >= 11 is 0. The normalized spacial score (nSPS) is 16.6. The lowest BCUT2D eigenvalue weighted by molar-refractivity contribution is 0.0985. The minimum Gasteiger partial charge on any atom is -0.507 e. The molecule has 15 heteroatoms. The van der Waals surface area contributed by atoms with E-state index in [-0.39, 0.29) is 46.9 Å². The molecule has 6 rings (SSSR count). The second kappa shape index (κ2) is 18.3. The summed E-state index contributed by atoms with van der Waals surface area (Å²) in [5.74, 6) is 1.54. The second-order valence-corrected chi connectivity index (χ2v) is 16.3. The number of rotatable bonds is 18. The number of sulfonamides is 1. The van der Waals surface area contributed by atoms with Crippen LogP contribution < -0.4 is 25.2 Å². The number of carbonyl (C=O) groups is 1. The molecule has 2 atom stereocenters. The largest absolute Gasteiger partial charge is 0.507 e. The van der Waals surface area contributed by atoms with Gasteiger partial charge >= 0.3 is 5.69 Å². The summed E-state index contributed by atoms with van der Waals surface area (Å²) < 4.78 is 43.8. The lowest BCUT2D eigenvalue weighted by atomic mass is 9.86. The number of hydrogen-bond acceptors (Lipinski definition) is 11. The molecule has 0 amide bonds. The molecular weight excluding hydrogens is 725 g/mol. The quantitative estimate of drug-likeness (QED) is 0.0977. The van der Waals surface area contributed by atoms with Crippen molar-refractivity contribution in [2.75, 3.05) is 24.4 Å². The number of aliphatic hydroxyl groups is 1. The first-order valence-corrected chi connectivity index (χ1v) is 20.8. The molecule has 1 aromatic heterocycles. The van der Waals surface area contributed by atoms with Crippen LogP contribution in [0.25, 0.3) is 5.69 Å². The van der Waals surface area contributed by atoms with E-state index in [9.17, 15) is 28.2 Å². The van der Waals surface area contributed by atoms with Crippen LogP contribution in [-0.4, -0.2) is 76.1 Å². The van der Waals surface area contributed by atoms with E-state index in [4.69, 9.17) is 9.47 Å². The van der Waals surface area contributed by atoms with Gasteiger partial charge in [-0.1, -0.05) is 45.4 Å². The molecule has 1 aliphatic heterocycles. The summed E-state index contributed by atoms with van der Waals surface area (Å²) in [7, 11) is -3.92. The third kappa shape index (κ3) is 10.1. The van der Waals surface area contributed by atoms with E-state index >= 15 is 0 Å². The average molecular weight is 777 g/mol. The van der Waals surface area contributed by atoms with Crippen molar-refractivity contribution < 1.29 is 32.9 Å². The number of phenolic OH excluding ortho intramolecular Hbond substituents is 1. The molecule has 55 heavy (non-hydrogen) atoms. The molecule has 4 N–H and O–H groups in total. The Hall–Kier alpha value is -4.73. The van der Waals surface area contributed by atoms with Gasteiger partial charge in [-0.2, -0.15) is 9.36 Å². The lowest BCUT2D eigenvalue weighted by Crippen LogP contribution is -2.39. The number of ether oxygens (including phenoxy) is 2. The molecule has 0 saturated heterocycles. The van der Waals surface area contributed by atoms with Crippen molar-refractivity contribution in [2.24, 2.45) is 5.92 Å². The van der Waals surface area contributed by atoms with Crippen molar-refractivity contribution in [3.8, 4) is 22.9 Å². The third-order valence-corrected chi connectivity index (χ3v) is 11.8. The molecule has 2 aliphatic rings. The Labute approximate surface area is 321 Å². The number of anilines is 1. The molecule has 1 fully saturated rings. The van der Waals surface area contributed by atoms with E-state index < -0.39 is 16.1 Å². The Morgan fingerprint density at radius 1 is 1.05 bits per heavy atom. The standard InChI is InChI=1S/C40H52N6O8S/c1-3-8-36-38(21-19-35(27(2)47)39(36)49)53-26-32(48)24-41-25-33-16-12-29-23-30(13-20-37(29)54-33)42-55(51,52)34-17-14-31(15-18-34)46-40(50)45(43-44-46)22-7-11-28-9-5-4-6-10-28/h13-15,17-21,23,28,32-33,41-42,48-49H,3-12,16,22,24-26H2,1-2H3/t32?,33-/m1/s1. The Bertz CT molecular complexity index is 2090. The minimum absolute atomic E-state index is 0.00292. The lowest BCUT2D eigenvalue weighted by Gasteiger charge is -2.27. The molecule has 0 spiro atoms. The summed E-state index contributed by atoms with van der Waals surface area (Å²) in [6.45, 7) is 4.62. The van der Waals surface area contributed by atoms with Gasteiger partial charge in [-0.15, -0.1) is 0 Å². The summed E-state index contributed by atoms with van der Waals surface area (Å²) in [6.07, 6.45) is 10.0. The Morgan fingerprint density at radius 2 is 1.84 bits per heavy atom. The minimum atomic E-state index is -3.92. The van der Waals surface area contributed by atoms with Gasteiger partial charge in [0.1, 0.15) is 36.1 Å². The first-order valence-electron chi connectivity index (χ1n) is 19.4. The van der Waals surface area contributed by atoms with Crippen molar-refractivity contribution in [3.63, 3.8) is 0 Å². The molecule has 1 aliphatic carbocycles. The molecule has 2 heterocycles. The third-order valence-electron chi connectivity index (χ3n) is 10.4. The van der Waals surface area contributed by atoms with E-state index in [1.54, 1.807) is 36.4 Å². The van der Waals surface area contributed by atoms with Crippen molar-refractivity contribution >= 4 is 21.5 Å². The predicted octanol–water partition coefficient (Wildman–Crippen LogP) is 5.17. The van der Waals surface area contributed by atoms with E-state index in [0.29, 0.717) is 60.8 Å². The molecule has 0 bridgehead atoms. The van der Waals surface area contributed by atoms with Gasteiger partial charge in [-0.25, -0.2) is 13.2 Å². The molecule has 4 aromatic rings. The van der Waals surface area contributed by atoms with Gasteiger partial charge in [0.25, 0.3) is 10.0 Å². The zero-order chi connectivity index (χ0) is 39.0. The van der Waals surface area contributed by atoms with Gasteiger partial charge in [-0.3, -0.25) is 9.52 Å². The number of aromatic hydroxyl groups is 1. The second-order valence-electron chi connectivity index (χ2n) is 14.6. The number of aliphatic hydroxyl groups excluding tert-OH is 1. The van der Waals surface area contributed by atoms with Crippen LogP contribution in [-0.2, 0) is 29.4 Å². The van der Waals surface area contributed by atoms with Crippen LogP contribution in [0.5, 0.6) is 17.2 Å². The highest BCUT2D eigenvalue weighted by atomic mass is 32.2. The van der Waals surface area contributed by atoms with Crippen molar-refractivity contribution in [1.29, 1.82) is 0 Å². The van der Waals surface area contributed by atoms with Gasteiger partial charge < -0.3 is 25.0 Å². The molecule has 3 aromatic carbocycles. The number of ketones is 1. The van der Waals surface area contributed by atoms with Crippen molar-refractivity contribution in [1.82, 2.24) is 25.1 Å². The van der Waals surface area contributed by atoms with Crippen LogP contribution in [0.2, 0.25) is 0 Å². The van der Waals surface area contributed by atoms with Gasteiger partial charge in [0.05, 0.1) is 16.1 Å². The van der Waals surface area contributed by atoms with E-state index in [2.05, 4.69) is 20.5 Å². The maximum absolute atomic E-state index is 13.3. The predicted molar refractivity (Wildman–Crippen MR) is 208 cm³/mol. The van der Waals surface area contributed by atoms with Crippen LogP contribution in [0, 0.1) is 5.92 Å². The number of carbonyl (C=O) groups excluding carboxylic acids is 1. The van der Waals surface area contributed by atoms with Gasteiger partial charge in [0.2, 0.25) is 0 Å². The molecular formula is C40H52N6O8S. The fourth-order valence-corrected chi connectivity index (χ4v) is 8.45. The van der Waals surface area contributed by atoms with E-state index in [1.165, 1.54) is 66.6 Å². The van der Waals surface area contributed by atoms with Gasteiger partial charge in [0.15, 0.2) is 5.78 Å². The van der Waals surface area contributed by atoms with Crippen molar-refractivity contribution in [3.05, 3.63) is 81.8 Å². The first kappa shape index (κ1) is 39.9. The van der Waals surface area contributed by atoms with Crippen LogP contribution in [0.4, 0.5) is 5.69 Å². The maximum Gasteiger partial charge on any atom is 0.368 e. The Kier molecular flexibility index (Phi) is 13.3. The van der Waals surface area contributed by atoms with Crippen LogP contribution in [0.1, 0.15) is 93.1 Å². The summed E-state index contributed by atoms with van der Waals surface area (Å²) in [5, 5.41) is 32.4. The number of tetrazole rings is 1. The Balaban J connectivity index is 0.963. The smallest absolute Gasteiger partial charge is 0.368 e. The van der Waals surface area contributed by atoms with Gasteiger partial charge in [-0.05, 0) is 116 Å². The number of aryl methyl sites for hydroxylation is 2. The van der Waals surface area contributed by atoms with Gasteiger partial charge in [0, 0.05) is 30.9 Å². The monoisotopic (exact) mass is 776 g/mol. The number of benzene rings is 3. The topological polar surface area (TPSA) is 187 Å². The number of Topliss-reactive ketones (excluding diaryl/α,β-unsaturated/α-hetero) is 1. The van der Waals surface area contributed by atoms with Crippen LogP contribution in [0.3, 0.4) is 0 Å². The first-order chi connectivity index (χ1) is 26.5. The van der Waals surface area contributed by atoms with Crippen LogP contribution in [0.15, 0.2) is 64.3 Å². The highest BCUT2D eigenvalue weighted by Gasteiger charge is 2.23. The van der Waals surface area contributed by atoms with E-state index in [1.807, 2.05) is 6.92 Å².